The summed E-state index contributed by atoms with van der Waals surface area (Å²) in [5.41, 5.74) is 6.29. The fraction of sp³-hybridized carbons (Fsp3) is 0. The molecule has 0 fully saturated rings. The standard InChI is InChI=1S/C18H13F2NO2/c19-12-1-5-14(6-2-12)22-16-9-10-17(21)18(11-16)23-15-7-3-13(20)4-8-15/h1-11H,21H2. The van der Waals surface area contributed by atoms with Crippen LogP contribution in [-0.2, 0) is 0 Å². The lowest BCUT2D eigenvalue weighted by atomic mass is 10.2. The minimum Gasteiger partial charge on any atom is -0.457 e. The highest BCUT2D eigenvalue weighted by Gasteiger charge is 2.06. The number of hydrogen-bond donors (Lipinski definition) is 1. The molecule has 0 spiro atoms. The van der Waals surface area contributed by atoms with E-state index in [0.29, 0.717) is 28.7 Å². The molecule has 116 valence electrons. The number of halogens is 2. The van der Waals surface area contributed by atoms with Gasteiger partial charge in [0.05, 0.1) is 5.69 Å². The first-order chi connectivity index (χ1) is 11.1. The molecule has 3 rings (SSSR count). The molecule has 0 amide bonds. The molecular weight excluding hydrogens is 300 g/mol. The number of hydrogen-bond acceptors (Lipinski definition) is 3. The Morgan fingerprint density at radius 3 is 1.65 bits per heavy atom. The zero-order valence-electron chi connectivity index (χ0n) is 12.0. The van der Waals surface area contributed by atoms with Gasteiger partial charge in [-0.3, -0.25) is 0 Å². The Labute approximate surface area is 131 Å². The maximum Gasteiger partial charge on any atom is 0.154 e. The van der Waals surface area contributed by atoms with E-state index in [2.05, 4.69) is 0 Å². The number of rotatable bonds is 4. The van der Waals surface area contributed by atoms with Crippen LogP contribution in [0, 0.1) is 11.6 Å². The quantitative estimate of drug-likeness (QED) is 0.679. The van der Waals surface area contributed by atoms with Crippen molar-refractivity contribution >= 4 is 5.69 Å². The van der Waals surface area contributed by atoms with Crippen LogP contribution in [0.5, 0.6) is 23.0 Å². The summed E-state index contributed by atoms with van der Waals surface area (Å²) in [6, 6.07) is 16.2. The fourth-order valence-corrected chi connectivity index (χ4v) is 1.93. The molecule has 0 saturated heterocycles. The fourth-order valence-electron chi connectivity index (χ4n) is 1.93. The van der Waals surface area contributed by atoms with Crippen molar-refractivity contribution in [2.75, 3.05) is 5.73 Å². The number of nitrogens with two attached hydrogens (primary N) is 1. The van der Waals surface area contributed by atoms with Crippen molar-refractivity contribution in [1.29, 1.82) is 0 Å². The van der Waals surface area contributed by atoms with E-state index in [1.165, 1.54) is 48.5 Å². The van der Waals surface area contributed by atoms with E-state index in [1.807, 2.05) is 0 Å². The molecule has 0 radical (unpaired) electrons. The Bertz CT molecular complexity index is 802. The van der Waals surface area contributed by atoms with Gasteiger partial charge in [-0.2, -0.15) is 0 Å². The molecule has 0 aromatic heterocycles. The smallest absolute Gasteiger partial charge is 0.154 e. The maximum absolute atomic E-state index is 12.9. The van der Waals surface area contributed by atoms with Crippen LogP contribution < -0.4 is 15.2 Å². The number of benzene rings is 3. The Balaban J connectivity index is 1.81. The first-order valence-electron chi connectivity index (χ1n) is 6.86. The molecule has 5 heteroatoms. The van der Waals surface area contributed by atoms with Crippen molar-refractivity contribution in [2.45, 2.75) is 0 Å². The van der Waals surface area contributed by atoms with Crippen molar-refractivity contribution in [3.63, 3.8) is 0 Å². The van der Waals surface area contributed by atoms with Gasteiger partial charge in [-0.1, -0.05) is 0 Å². The van der Waals surface area contributed by atoms with Crippen LogP contribution in [0.4, 0.5) is 14.5 Å². The third-order valence-electron chi connectivity index (χ3n) is 3.08. The Hall–Kier alpha value is -3.08. The van der Waals surface area contributed by atoms with Gasteiger partial charge >= 0.3 is 0 Å². The summed E-state index contributed by atoms with van der Waals surface area (Å²) in [6.45, 7) is 0. The molecular formula is C18H13F2NO2. The summed E-state index contributed by atoms with van der Waals surface area (Å²) in [7, 11) is 0. The van der Waals surface area contributed by atoms with Gasteiger partial charge in [-0.05, 0) is 60.7 Å². The van der Waals surface area contributed by atoms with Gasteiger partial charge in [0.2, 0.25) is 0 Å². The topological polar surface area (TPSA) is 44.5 Å². The van der Waals surface area contributed by atoms with Gasteiger partial charge in [0.15, 0.2) is 5.75 Å². The van der Waals surface area contributed by atoms with Crippen LogP contribution in [0.15, 0.2) is 66.7 Å². The maximum atomic E-state index is 12.9. The molecule has 23 heavy (non-hydrogen) atoms. The van der Waals surface area contributed by atoms with Gasteiger partial charge in [0, 0.05) is 6.07 Å². The number of nitrogen functional groups attached to an aromatic ring is 1. The molecule has 3 nitrogen and oxygen atoms in total. The molecule has 0 atom stereocenters. The van der Waals surface area contributed by atoms with E-state index >= 15 is 0 Å². The minimum absolute atomic E-state index is 0.338. The van der Waals surface area contributed by atoms with Crippen LogP contribution in [0.1, 0.15) is 0 Å². The molecule has 0 heterocycles. The second-order valence-electron chi connectivity index (χ2n) is 4.81. The highest BCUT2D eigenvalue weighted by molar-refractivity contribution is 5.57. The summed E-state index contributed by atoms with van der Waals surface area (Å²) in [5, 5.41) is 0. The summed E-state index contributed by atoms with van der Waals surface area (Å²) in [5.74, 6) is 1.13. The van der Waals surface area contributed by atoms with E-state index in [0.717, 1.165) is 0 Å². The lowest BCUT2D eigenvalue weighted by molar-refractivity contribution is 0.460. The predicted molar refractivity (Wildman–Crippen MR) is 83.8 cm³/mol. The summed E-state index contributed by atoms with van der Waals surface area (Å²) in [6.07, 6.45) is 0. The van der Waals surface area contributed by atoms with Gasteiger partial charge in [0.25, 0.3) is 0 Å². The average molecular weight is 313 g/mol. The molecule has 0 aliphatic heterocycles. The molecule has 3 aromatic rings. The molecule has 3 aromatic carbocycles. The van der Waals surface area contributed by atoms with E-state index in [4.69, 9.17) is 15.2 Å². The monoisotopic (exact) mass is 313 g/mol. The van der Waals surface area contributed by atoms with Crippen molar-refractivity contribution in [3.05, 3.63) is 78.4 Å². The van der Waals surface area contributed by atoms with Crippen molar-refractivity contribution in [1.82, 2.24) is 0 Å². The minimum atomic E-state index is -0.348. The molecule has 0 aliphatic rings. The largest absolute Gasteiger partial charge is 0.457 e. The second kappa shape index (κ2) is 6.36. The number of ether oxygens (including phenoxy) is 2. The van der Waals surface area contributed by atoms with E-state index in [1.54, 1.807) is 18.2 Å². The first kappa shape index (κ1) is 14.8. The lowest BCUT2D eigenvalue weighted by Gasteiger charge is -2.11. The van der Waals surface area contributed by atoms with E-state index in [9.17, 15) is 8.78 Å². The van der Waals surface area contributed by atoms with Gasteiger partial charge < -0.3 is 15.2 Å². The summed E-state index contributed by atoms with van der Waals surface area (Å²) in [4.78, 5) is 0. The summed E-state index contributed by atoms with van der Waals surface area (Å²) >= 11 is 0. The van der Waals surface area contributed by atoms with E-state index < -0.39 is 0 Å². The van der Waals surface area contributed by atoms with Gasteiger partial charge in [0.1, 0.15) is 28.9 Å². The van der Waals surface area contributed by atoms with Crippen LogP contribution in [0.3, 0.4) is 0 Å². The molecule has 0 saturated carbocycles. The predicted octanol–water partition coefficient (Wildman–Crippen LogP) is 5.13. The third-order valence-corrected chi connectivity index (χ3v) is 3.08. The van der Waals surface area contributed by atoms with E-state index in [-0.39, 0.29) is 11.6 Å². The lowest BCUT2D eigenvalue weighted by Crippen LogP contribution is -1.93. The highest BCUT2D eigenvalue weighted by atomic mass is 19.1. The SMILES string of the molecule is Nc1ccc(Oc2ccc(F)cc2)cc1Oc1ccc(F)cc1. The van der Waals surface area contributed by atoms with Crippen molar-refractivity contribution in [3.8, 4) is 23.0 Å². The molecule has 0 aliphatic carbocycles. The normalized spacial score (nSPS) is 10.3. The zero-order chi connectivity index (χ0) is 16.2. The van der Waals surface area contributed by atoms with Crippen LogP contribution in [0.2, 0.25) is 0 Å². The van der Waals surface area contributed by atoms with Gasteiger partial charge in [-0.25, -0.2) is 8.78 Å². The van der Waals surface area contributed by atoms with Crippen LogP contribution in [0.25, 0.3) is 0 Å². The first-order valence-corrected chi connectivity index (χ1v) is 6.86. The van der Waals surface area contributed by atoms with Crippen LogP contribution >= 0.6 is 0 Å². The molecule has 0 unspecified atom stereocenters. The van der Waals surface area contributed by atoms with Crippen molar-refractivity contribution < 1.29 is 18.3 Å². The molecule has 0 bridgehead atoms. The highest BCUT2D eigenvalue weighted by Crippen LogP contribution is 2.33. The van der Waals surface area contributed by atoms with Crippen LogP contribution in [-0.4, -0.2) is 0 Å². The Morgan fingerprint density at radius 1 is 0.609 bits per heavy atom. The molecule has 2 N–H and O–H groups in total. The third kappa shape index (κ3) is 3.77. The zero-order valence-corrected chi connectivity index (χ0v) is 12.0. The Morgan fingerprint density at radius 2 is 1.09 bits per heavy atom. The van der Waals surface area contributed by atoms with Gasteiger partial charge in [-0.15, -0.1) is 0 Å². The Kier molecular flexibility index (Phi) is 4.10. The average Bonchev–Trinajstić information content (AvgIpc) is 2.55. The summed E-state index contributed by atoms with van der Waals surface area (Å²) < 4.78 is 37.1. The second-order valence-corrected chi connectivity index (χ2v) is 4.81. The number of anilines is 1. The van der Waals surface area contributed by atoms with Crippen molar-refractivity contribution in [2.24, 2.45) is 0 Å².